The average molecular weight is 434 g/mol. The minimum absolute atomic E-state index is 0.0325. The molecule has 1 aromatic carbocycles. The molecule has 0 spiro atoms. The van der Waals surface area contributed by atoms with Gasteiger partial charge in [0.05, 0.1) is 0 Å². The number of amides is 3. The molecule has 5 nitrogen and oxygen atoms in total. The fraction of sp³-hybridized carbons (Fsp3) is 0.263. The van der Waals surface area contributed by atoms with Crippen molar-refractivity contribution in [2.24, 2.45) is 5.73 Å². The molecule has 2 N–H and O–H groups in total. The van der Waals surface area contributed by atoms with Gasteiger partial charge >= 0.3 is 6.03 Å². The van der Waals surface area contributed by atoms with Crippen molar-refractivity contribution in [1.29, 1.82) is 0 Å². The lowest BCUT2D eigenvalue weighted by molar-refractivity contribution is -0.125. The third kappa shape index (κ3) is 4.74. The van der Waals surface area contributed by atoms with Gasteiger partial charge in [-0.3, -0.25) is 4.79 Å². The second-order valence-corrected chi connectivity index (χ2v) is 8.08. The second kappa shape index (κ2) is 8.51. The first-order chi connectivity index (χ1) is 12.5. The number of nitrogens with two attached hydrogens (primary N) is 1. The molecule has 0 aliphatic carbocycles. The van der Waals surface area contributed by atoms with Crippen LogP contribution in [0.15, 0.2) is 46.9 Å². The predicted octanol–water partition coefficient (Wildman–Crippen LogP) is 3.80. The van der Waals surface area contributed by atoms with E-state index < -0.39 is 6.03 Å². The Bertz CT molecular complexity index is 816. The lowest BCUT2D eigenvalue weighted by Crippen LogP contribution is -2.39. The summed E-state index contributed by atoms with van der Waals surface area (Å²) in [5.41, 5.74) is 6.48. The van der Waals surface area contributed by atoms with E-state index in [1.54, 1.807) is 27.2 Å². The molecule has 3 rings (SSSR count). The highest BCUT2D eigenvalue weighted by Crippen LogP contribution is 2.29. The van der Waals surface area contributed by atoms with Crippen LogP contribution < -0.4 is 5.73 Å². The predicted molar refractivity (Wildman–Crippen MR) is 109 cm³/mol. The van der Waals surface area contributed by atoms with Crippen LogP contribution in [-0.2, 0) is 4.79 Å². The molecule has 3 amide bonds. The molecule has 2 aromatic rings. The fourth-order valence-electron chi connectivity index (χ4n) is 2.83. The van der Waals surface area contributed by atoms with Gasteiger partial charge in [0, 0.05) is 46.5 Å². The molecule has 1 aliphatic rings. The number of halogens is 1. The lowest BCUT2D eigenvalue weighted by atomic mass is 10.2. The molecule has 1 aliphatic heterocycles. The van der Waals surface area contributed by atoms with E-state index in [2.05, 4.69) is 34.1 Å². The summed E-state index contributed by atoms with van der Waals surface area (Å²) >= 11 is 5.09. The van der Waals surface area contributed by atoms with Crippen LogP contribution in [0.2, 0.25) is 0 Å². The largest absolute Gasteiger partial charge is 0.351 e. The van der Waals surface area contributed by atoms with Gasteiger partial charge in [-0.15, -0.1) is 11.3 Å². The number of thiophene rings is 1. The normalized spacial score (nSPS) is 15.3. The highest BCUT2D eigenvalue weighted by molar-refractivity contribution is 9.10. The standard InChI is InChI=1S/C19H20BrN3O2S/c20-15-4-2-14(3-5-15)17-8-6-16(26-17)7-9-18(24)22-10-1-11-23(13-12-22)19(21)25/h2-9H,1,10-13H2,(H2,21,25)/b9-7+. The maximum atomic E-state index is 12.4. The SMILES string of the molecule is NC(=O)N1CCCN(C(=O)/C=C/c2ccc(-c3ccc(Br)cc3)s2)CC1. The van der Waals surface area contributed by atoms with Crippen molar-refractivity contribution in [3.05, 3.63) is 51.8 Å². The molecule has 0 radical (unpaired) electrons. The molecule has 0 bridgehead atoms. The molecule has 2 heterocycles. The molecule has 26 heavy (non-hydrogen) atoms. The lowest BCUT2D eigenvalue weighted by Gasteiger charge is -2.19. The van der Waals surface area contributed by atoms with Crippen molar-refractivity contribution < 1.29 is 9.59 Å². The summed E-state index contributed by atoms with van der Waals surface area (Å²) in [5.74, 6) is -0.0325. The number of hydrogen-bond donors (Lipinski definition) is 1. The van der Waals surface area contributed by atoms with Crippen molar-refractivity contribution in [2.75, 3.05) is 26.2 Å². The van der Waals surface area contributed by atoms with Gasteiger partial charge in [-0.1, -0.05) is 28.1 Å². The molecule has 1 aromatic heterocycles. The minimum atomic E-state index is -0.422. The Balaban J connectivity index is 1.62. The van der Waals surface area contributed by atoms with E-state index in [4.69, 9.17) is 5.73 Å². The van der Waals surface area contributed by atoms with Crippen LogP contribution in [0.5, 0.6) is 0 Å². The van der Waals surface area contributed by atoms with Gasteiger partial charge in [-0.05, 0) is 42.3 Å². The summed E-state index contributed by atoms with van der Waals surface area (Å²) in [7, 11) is 0. The smallest absolute Gasteiger partial charge is 0.314 e. The number of rotatable bonds is 3. The van der Waals surface area contributed by atoms with E-state index in [1.807, 2.05) is 24.3 Å². The van der Waals surface area contributed by atoms with E-state index in [9.17, 15) is 9.59 Å². The number of hydrogen-bond acceptors (Lipinski definition) is 3. The zero-order valence-corrected chi connectivity index (χ0v) is 16.6. The molecule has 0 atom stereocenters. The summed E-state index contributed by atoms with van der Waals surface area (Å²) in [6.07, 6.45) is 4.21. The third-order valence-corrected chi connectivity index (χ3v) is 5.89. The van der Waals surface area contributed by atoms with Crippen LogP contribution in [0, 0.1) is 0 Å². The molecule has 1 saturated heterocycles. The monoisotopic (exact) mass is 433 g/mol. The first-order valence-electron chi connectivity index (χ1n) is 8.40. The molecule has 0 unspecified atom stereocenters. The van der Waals surface area contributed by atoms with Gasteiger partial charge in [0.1, 0.15) is 0 Å². The van der Waals surface area contributed by atoms with E-state index in [0.717, 1.165) is 26.2 Å². The Morgan fingerprint density at radius 2 is 1.69 bits per heavy atom. The fourth-order valence-corrected chi connectivity index (χ4v) is 4.01. The van der Waals surface area contributed by atoms with Crippen molar-refractivity contribution in [2.45, 2.75) is 6.42 Å². The van der Waals surface area contributed by atoms with Gasteiger partial charge in [0.25, 0.3) is 0 Å². The number of carbonyl (C=O) groups excluding carboxylic acids is 2. The minimum Gasteiger partial charge on any atom is -0.351 e. The second-order valence-electron chi connectivity index (χ2n) is 6.05. The molecular weight excluding hydrogens is 414 g/mol. The number of urea groups is 1. The van der Waals surface area contributed by atoms with Gasteiger partial charge in [0.15, 0.2) is 0 Å². The first-order valence-corrected chi connectivity index (χ1v) is 10.0. The van der Waals surface area contributed by atoms with Gasteiger partial charge in [-0.2, -0.15) is 0 Å². The number of benzene rings is 1. The zero-order valence-electron chi connectivity index (χ0n) is 14.2. The summed E-state index contributed by atoms with van der Waals surface area (Å²) < 4.78 is 1.05. The Morgan fingerprint density at radius 1 is 1.00 bits per heavy atom. The van der Waals surface area contributed by atoms with Crippen LogP contribution >= 0.6 is 27.3 Å². The number of nitrogens with zero attached hydrogens (tertiary/aromatic N) is 2. The quantitative estimate of drug-likeness (QED) is 0.747. The van der Waals surface area contributed by atoms with E-state index in [0.29, 0.717) is 26.2 Å². The summed E-state index contributed by atoms with van der Waals surface area (Å²) in [5, 5.41) is 0. The summed E-state index contributed by atoms with van der Waals surface area (Å²) in [6, 6.07) is 11.8. The van der Waals surface area contributed by atoms with Crippen LogP contribution in [0.3, 0.4) is 0 Å². The Labute approximate surface area is 165 Å². The molecule has 136 valence electrons. The highest BCUT2D eigenvalue weighted by Gasteiger charge is 2.19. The van der Waals surface area contributed by atoms with E-state index >= 15 is 0 Å². The van der Waals surface area contributed by atoms with Crippen molar-refractivity contribution in [1.82, 2.24) is 9.80 Å². The summed E-state index contributed by atoms with van der Waals surface area (Å²) in [4.78, 5) is 29.2. The van der Waals surface area contributed by atoms with Crippen molar-refractivity contribution in [3.63, 3.8) is 0 Å². The molecule has 0 saturated carbocycles. The van der Waals surface area contributed by atoms with Gasteiger partial charge in [0.2, 0.25) is 5.91 Å². The maximum Gasteiger partial charge on any atom is 0.314 e. The first kappa shape index (κ1) is 18.7. The Kier molecular flexibility index (Phi) is 6.11. The van der Waals surface area contributed by atoms with E-state index in [1.165, 1.54) is 0 Å². The third-order valence-electron chi connectivity index (χ3n) is 4.26. The molecular formula is C19H20BrN3O2S. The summed E-state index contributed by atoms with van der Waals surface area (Å²) in [6.45, 7) is 2.24. The van der Waals surface area contributed by atoms with Crippen LogP contribution in [-0.4, -0.2) is 47.9 Å². The van der Waals surface area contributed by atoms with Crippen LogP contribution in [0.1, 0.15) is 11.3 Å². The Morgan fingerprint density at radius 3 is 2.42 bits per heavy atom. The number of carbonyl (C=O) groups is 2. The molecule has 1 fully saturated rings. The number of primary amides is 1. The van der Waals surface area contributed by atoms with Gasteiger partial charge < -0.3 is 15.5 Å². The Hall–Kier alpha value is -2.12. The van der Waals surface area contributed by atoms with Gasteiger partial charge in [-0.25, -0.2) is 4.79 Å². The van der Waals surface area contributed by atoms with Crippen molar-refractivity contribution in [3.8, 4) is 10.4 Å². The van der Waals surface area contributed by atoms with Crippen LogP contribution in [0.25, 0.3) is 16.5 Å². The average Bonchev–Trinajstić information content (AvgIpc) is 2.95. The van der Waals surface area contributed by atoms with Crippen molar-refractivity contribution >= 4 is 45.3 Å². The van der Waals surface area contributed by atoms with E-state index in [-0.39, 0.29) is 5.91 Å². The zero-order chi connectivity index (χ0) is 18.5. The topological polar surface area (TPSA) is 66.6 Å². The highest BCUT2D eigenvalue weighted by atomic mass is 79.9. The maximum absolute atomic E-state index is 12.4. The molecule has 7 heteroatoms. The van der Waals surface area contributed by atoms with Crippen LogP contribution in [0.4, 0.5) is 4.79 Å².